The third-order valence-electron chi connectivity index (χ3n) is 1.71. The molecule has 12 heavy (non-hydrogen) atoms. The number of aromatic nitrogens is 1. The van der Waals surface area contributed by atoms with Crippen LogP contribution in [0.25, 0.3) is 10.1 Å². The molecular weight excluding hydrogens is 166 g/mol. The lowest BCUT2D eigenvalue weighted by atomic mass is 10.3. The van der Waals surface area contributed by atoms with Crippen LogP contribution in [0, 0.1) is 0 Å². The number of thiophene rings is 1. The van der Waals surface area contributed by atoms with Crippen molar-refractivity contribution in [2.45, 2.75) is 6.42 Å². The highest BCUT2D eigenvalue weighted by atomic mass is 32.1. The Balaban J connectivity index is 2.54. The molecule has 0 saturated carbocycles. The van der Waals surface area contributed by atoms with Crippen molar-refractivity contribution in [3.8, 4) is 0 Å². The molecule has 0 radical (unpaired) electrons. The number of hydrogen-bond acceptors (Lipinski definition) is 2. The molecule has 2 heteroatoms. The minimum atomic E-state index is 0.958. The van der Waals surface area contributed by atoms with E-state index in [1.54, 1.807) is 0 Å². The van der Waals surface area contributed by atoms with Gasteiger partial charge in [-0.25, -0.2) is 0 Å². The van der Waals surface area contributed by atoms with E-state index in [0.29, 0.717) is 0 Å². The number of hydrogen-bond donors (Lipinski definition) is 0. The molecule has 0 aromatic carbocycles. The molecule has 0 amide bonds. The first-order valence-corrected chi connectivity index (χ1v) is 4.65. The van der Waals surface area contributed by atoms with Gasteiger partial charge in [0.2, 0.25) is 0 Å². The first kappa shape index (κ1) is 7.50. The average Bonchev–Trinajstić information content (AvgIpc) is 2.47. The van der Waals surface area contributed by atoms with Crippen molar-refractivity contribution in [2.24, 2.45) is 0 Å². The molecule has 0 saturated heterocycles. The molecule has 0 spiro atoms. The Kier molecular flexibility index (Phi) is 1.92. The molecule has 0 fully saturated rings. The molecule has 1 nitrogen and oxygen atoms in total. The largest absolute Gasteiger partial charge is 0.264 e. The fourth-order valence-corrected chi connectivity index (χ4v) is 2.21. The van der Waals surface area contributed by atoms with Gasteiger partial charge in [0, 0.05) is 27.4 Å². The molecule has 60 valence electrons. The maximum Gasteiger partial charge on any atom is 0.0376 e. The van der Waals surface area contributed by atoms with Gasteiger partial charge in [-0.15, -0.1) is 17.9 Å². The normalized spacial score (nSPS) is 10.3. The van der Waals surface area contributed by atoms with Crippen molar-refractivity contribution in [2.75, 3.05) is 0 Å². The van der Waals surface area contributed by atoms with E-state index < -0.39 is 0 Å². The SMILES string of the molecule is C=CCc1cc2cnccc2s1. The molecular formula is C10H9NS. The summed E-state index contributed by atoms with van der Waals surface area (Å²) in [6.45, 7) is 3.72. The second-order valence-electron chi connectivity index (χ2n) is 2.62. The van der Waals surface area contributed by atoms with E-state index in [0.717, 1.165) is 6.42 Å². The average molecular weight is 175 g/mol. The zero-order valence-electron chi connectivity index (χ0n) is 6.66. The minimum absolute atomic E-state index is 0.958. The summed E-state index contributed by atoms with van der Waals surface area (Å²) in [5, 5.41) is 1.24. The van der Waals surface area contributed by atoms with Crippen LogP contribution in [0.1, 0.15) is 4.88 Å². The van der Waals surface area contributed by atoms with E-state index in [-0.39, 0.29) is 0 Å². The van der Waals surface area contributed by atoms with E-state index >= 15 is 0 Å². The number of rotatable bonds is 2. The van der Waals surface area contributed by atoms with Crippen LogP contribution in [0.4, 0.5) is 0 Å². The topological polar surface area (TPSA) is 12.9 Å². The molecule has 2 heterocycles. The number of nitrogens with zero attached hydrogens (tertiary/aromatic N) is 1. The van der Waals surface area contributed by atoms with Crippen LogP contribution >= 0.6 is 11.3 Å². The summed E-state index contributed by atoms with van der Waals surface area (Å²) in [6.07, 6.45) is 6.62. The standard InChI is InChI=1S/C10H9NS/c1-2-3-9-6-8-7-11-5-4-10(8)12-9/h2,4-7H,1,3H2. The van der Waals surface area contributed by atoms with E-state index in [1.807, 2.05) is 35.9 Å². The van der Waals surface area contributed by atoms with E-state index in [1.165, 1.54) is 15.0 Å². The number of pyridine rings is 1. The first-order chi connectivity index (χ1) is 5.90. The van der Waals surface area contributed by atoms with Crippen molar-refractivity contribution >= 4 is 21.4 Å². The lowest BCUT2D eigenvalue weighted by molar-refractivity contribution is 1.35. The van der Waals surface area contributed by atoms with Crippen LogP contribution in [-0.2, 0) is 6.42 Å². The molecule has 0 unspecified atom stereocenters. The molecule has 0 N–H and O–H groups in total. The van der Waals surface area contributed by atoms with Crippen molar-refractivity contribution in [1.82, 2.24) is 4.98 Å². The minimum Gasteiger partial charge on any atom is -0.264 e. The molecule has 0 atom stereocenters. The van der Waals surface area contributed by atoms with E-state index in [4.69, 9.17) is 0 Å². The van der Waals surface area contributed by atoms with E-state index in [9.17, 15) is 0 Å². The Hall–Kier alpha value is -1.15. The van der Waals surface area contributed by atoms with Gasteiger partial charge in [-0.1, -0.05) is 6.08 Å². The summed E-state index contributed by atoms with van der Waals surface area (Å²) in [5.74, 6) is 0. The zero-order chi connectivity index (χ0) is 8.39. The Morgan fingerprint density at radius 3 is 3.25 bits per heavy atom. The number of allylic oxidation sites excluding steroid dienone is 1. The van der Waals surface area contributed by atoms with Gasteiger partial charge in [-0.2, -0.15) is 0 Å². The summed E-state index contributed by atoms with van der Waals surface area (Å²) in [4.78, 5) is 5.42. The van der Waals surface area contributed by atoms with E-state index in [2.05, 4.69) is 17.6 Å². The maximum absolute atomic E-state index is 4.07. The van der Waals surface area contributed by atoms with Crippen LogP contribution in [0.3, 0.4) is 0 Å². The third-order valence-corrected chi connectivity index (χ3v) is 2.85. The van der Waals surface area contributed by atoms with Crippen molar-refractivity contribution in [1.29, 1.82) is 0 Å². The molecule has 0 aliphatic heterocycles. The fraction of sp³-hybridized carbons (Fsp3) is 0.100. The summed E-state index contributed by atoms with van der Waals surface area (Å²) in [6, 6.07) is 4.22. The molecule has 0 aliphatic carbocycles. The van der Waals surface area contributed by atoms with Gasteiger partial charge < -0.3 is 0 Å². The van der Waals surface area contributed by atoms with Gasteiger partial charge in [0.15, 0.2) is 0 Å². The highest BCUT2D eigenvalue weighted by molar-refractivity contribution is 7.19. The van der Waals surface area contributed by atoms with Gasteiger partial charge in [0.25, 0.3) is 0 Å². The van der Waals surface area contributed by atoms with Crippen LogP contribution < -0.4 is 0 Å². The van der Waals surface area contributed by atoms with Gasteiger partial charge in [-0.3, -0.25) is 4.98 Å². The van der Waals surface area contributed by atoms with Gasteiger partial charge in [0.1, 0.15) is 0 Å². The van der Waals surface area contributed by atoms with Gasteiger partial charge >= 0.3 is 0 Å². The monoisotopic (exact) mass is 175 g/mol. The molecule has 2 aromatic heterocycles. The summed E-state index contributed by atoms with van der Waals surface area (Å²) < 4.78 is 1.31. The highest BCUT2D eigenvalue weighted by Crippen LogP contribution is 2.24. The molecule has 0 aliphatic rings. The fourth-order valence-electron chi connectivity index (χ4n) is 1.18. The molecule has 0 bridgehead atoms. The van der Waals surface area contributed by atoms with Crippen LogP contribution in [-0.4, -0.2) is 4.98 Å². The lowest BCUT2D eigenvalue weighted by Crippen LogP contribution is -1.68. The van der Waals surface area contributed by atoms with Gasteiger partial charge in [-0.05, 0) is 18.6 Å². The van der Waals surface area contributed by atoms with Crippen LogP contribution in [0.5, 0.6) is 0 Å². The Morgan fingerprint density at radius 2 is 2.50 bits per heavy atom. The third kappa shape index (κ3) is 1.25. The zero-order valence-corrected chi connectivity index (χ0v) is 7.47. The Morgan fingerprint density at radius 1 is 1.58 bits per heavy atom. The quantitative estimate of drug-likeness (QED) is 0.639. The molecule has 2 rings (SSSR count). The second-order valence-corrected chi connectivity index (χ2v) is 3.79. The Bertz CT molecular complexity index is 370. The first-order valence-electron chi connectivity index (χ1n) is 3.83. The lowest BCUT2D eigenvalue weighted by Gasteiger charge is -1.82. The molecule has 2 aromatic rings. The van der Waals surface area contributed by atoms with Crippen molar-refractivity contribution in [3.05, 3.63) is 42.1 Å². The summed E-state index contributed by atoms with van der Waals surface area (Å²) >= 11 is 1.81. The van der Waals surface area contributed by atoms with Crippen molar-refractivity contribution < 1.29 is 0 Å². The predicted octanol–water partition coefficient (Wildman–Crippen LogP) is 3.02. The highest BCUT2D eigenvalue weighted by Gasteiger charge is 1.98. The second kappa shape index (κ2) is 3.07. The van der Waals surface area contributed by atoms with Gasteiger partial charge in [0.05, 0.1) is 0 Å². The summed E-state index contributed by atoms with van der Waals surface area (Å²) in [7, 11) is 0. The smallest absolute Gasteiger partial charge is 0.0376 e. The van der Waals surface area contributed by atoms with Crippen LogP contribution in [0.2, 0.25) is 0 Å². The van der Waals surface area contributed by atoms with Crippen LogP contribution in [0.15, 0.2) is 37.2 Å². The Labute approximate surface area is 75.4 Å². The summed E-state index contributed by atoms with van der Waals surface area (Å²) in [5.41, 5.74) is 0. The number of fused-ring (bicyclic) bond motifs is 1. The predicted molar refractivity (Wildman–Crippen MR) is 53.5 cm³/mol. The van der Waals surface area contributed by atoms with Crippen molar-refractivity contribution in [3.63, 3.8) is 0 Å². The maximum atomic E-state index is 4.07.